The van der Waals surface area contributed by atoms with Crippen LogP contribution in [0.1, 0.15) is 49.0 Å². The van der Waals surface area contributed by atoms with Gasteiger partial charge in [-0.2, -0.15) is 5.10 Å². The molecule has 2 fully saturated rings. The van der Waals surface area contributed by atoms with Crippen molar-refractivity contribution in [2.45, 2.75) is 63.6 Å². The van der Waals surface area contributed by atoms with Crippen LogP contribution < -0.4 is 5.32 Å². The van der Waals surface area contributed by atoms with Crippen molar-refractivity contribution in [3.63, 3.8) is 0 Å². The highest BCUT2D eigenvalue weighted by Gasteiger charge is 2.37. The van der Waals surface area contributed by atoms with E-state index in [-0.39, 0.29) is 11.9 Å². The first-order chi connectivity index (χ1) is 13.6. The lowest BCUT2D eigenvalue weighted by Gasteiger charge is -2.47. The fraction of sp³-hybridized carbons (Fsp3) is 0.500. The maximum Gasteiger partial charge on any atom is 0.272 e. The second-order valence-corrected chi connectivity index (χ2v) is 9.39. The van der Waals surface area contributed by atoms with Crippen LogP contribution in [-0.4, -0.2) is 47.4 Å². The van der Waals surface area contributed by atoms with Gasteiger partial charge in [0.2, 0.25) is 0 Å². The largest absolute Gasteiger partial charge is 0.348 e. The minimum atomic E-state index is -0.0681. The summed E-state index contributed by atoms with van der Waals surface area (Å²) in [6.45, 7) is 2.11. The number of carbonyl (C=O) groups excluding carboxylic acids is 1. The average molecular weight is 395 g/mol. The summed E-state index contributed by atoms with van der Waals surface area (Å²) < 4.78 is 0. The Morgan fingerprint density at radius 1 is 1.21 bits per heavy atom. The number of fused-ring (bicyclic) bond motifs is 3. The van der Waals surface area contributed by atoms with Crippen LogP contribution in [0.25, 0.3) is 5.57 Å². The molecule has 1 aliphatic carbocycles. The van der Waals surface area contributed by atoms with Crippen LogP contribution in [-0.2, 0) is 4.79 Å². The summed E-state index contributed by atoms with van der Waals surface area (Å²) in [5.41, 5.74) is 4.82. The summed E-state index contributed by atoms with van der Waals surface area (Å²) in [6, 6.07) is 3.65. The van der Waals surface area contributed by atoms with Crippen molar-refractivity contribution in [2.24, 2.45) is 10.2 Å². The highest BCUT2D eigenvalue weighted by molar-refractivity contribution is 7.11. The Balaban J connectivity index is 1.28. The zero-order valence-corrected chi connectivity index (χ0v) is 17.3. The summed E-state index contributed by atoms with van der Waals surface area (Å²) in [5.74, 6) is -0.0681. The van der Waals surface area contributed by atoms with E-state index in [0.29, 0.717) is 17.8 Å². The number of carbonyl (C=O) groups is 1. The summed E-state index contributed by atoms with van der Waals surface area (Å²) in [4.78, 5) is 16.7. The van der Waals surface area contributed by atoms with Crippen molar-refractivity contribution >= 4 is 34.2 Å². The van der Waals surface area contributed by atoms with Crippen LogP contribution >= 0.6 is 11.3 Å². The van der Waals surface area contributed by atoms with Crippen molar-refractivity contribution in [1.82, 2.24) is 10.2 Å². The third-order valence-corrected chi connectivity index (χ3v) is 7.71. The third-order valence-electron chi connectivity index (χ3n) is 6.58. The lowest BCUT2D eigenvalue weighted by atomic mass is 9.82. The van der Waals surface area contributed by atoms with Crippen molar-refractivity contribution in [3.05, 3.63) is 39.6 Å². The van der Waals surface area contributed by atoms with Gasteiger partial charge in [-0.25, -0.2) is 0 Å². The van der Waals surface area contributed by atoms with Gasteiger partial charge in [0.05, 0.1) is 5.71 Å². The Morgan fingerprint density at radius 2 is 2.00 bits per heavy atom. The molecule has 0 radical (unpaired) electrons. The monoisotopic (exact) mass is 394 g/mol. The number of hydrogen-bond acceptors (Lipinski definition) is 5. The topological polar surface area (TPSA) is 57.1 Å². The third kappa shape index (κ3) is 3.18. The molecule has 0 saturated carbocycles. The van der Waals surface area contributed by atoms with E-state index in [4.69, 9.17) is 0 Å². The number of nitrogens with zero attached hydrogens (tertiary/aromatic N) is 3. The van der Waals surface area contributed by atoms with Gasteiger partial charge in [-0.1, -0.05) is 18.6 Å². The number of thiophene rings is 1. The van der Waals surface area contributed by atoms with E-state index in [1.165, 1.54) is 35.3 Å². The SMILES string of the molecule is Cc1csc(C2=CC=C3C(=NN=C3C(=O)NC3CC4CCCC(C3)N4C)C2)c1. The number of piperidine rings is 2. The number of amides is 1. The number of hydrogen-bond donors (Lipinski definition) is 1. The van der Waals surface area contributed by atoms with Crippen molar-refractivity contribution < 1.29 is 4.79 Å². The maximum atomic E-state index is 12.9. The van der Waals surface area contributed by atoms with Crippen LogP contribution in [0, 0.1) is 6.92 Å². The molecule has 5 nitrogen and oxygen atoms in total. The van der Waals surface area contributed by atoms with Gasteiger partial charge in [0.25, 0.3) is 5.91 Å². The van der Waals surface area contributed by atoms with E-state index in [1.54, 1.807) is 11.3 Å². The smallest absolute Gasteiger partial charge is 0.272 e. The van der Waals surface area contributed by atoms with E-state index < -0.39 is 0 Å². The van der Waals surface area contributed by atoms with Crippen LogP contribution in [0.5, 0.6) is 0 Å². The fourth-order valence-electron chi connectivity index (χ4n) is 5.01. The molecular weight excluding hydrogens is 368 g/mol. The Bertz CT molecular complexity index is 924. The first-order valence-electron chi connectivity index (χ1n) is 10.2. The fourth-order valence-corrected chi connectivity index (χ4v) is 5.93. The molecule has 4 heterocycles. The number of aryl methyl sites for hydroxylation is 1. The first-order valence-corrected chi connectivity index (χ1v) is 11.1. The second-order valence-electron chi connectivity index (χ2n) is 8.48. The zero-order chi connectivity index (χ0) is 19.3. The number of nitrogens with one attached hydrogen (secondary N) is 1. The molecule has 1 aromatic rings. The van der Waals surface area contributed by atoms with E-state index in [0.717, 1.165) is 30.5 Å². The molecule has 2 atom stereocenters. The first kappa shape index (κ1) is 18.0. The van der Waals surface area contributed by atoms with Gasteiger partial charge in [0.15, 0.2) is 5.71 Å². The average Bonchev–Trinajstić information content (AvgIpc) is 3.28. The Morgan fingerprint density at radius 3 is 2.71 bits per heavy atom. The van der Waals surface area contributed by atoms with Gasteiger partial charge in [0, 0.05) is 35.0 Å². The van der Waals surface area contributed by atoms with E-state index in [9.17, 15) is 4.79 Å². The van der Waals surface area contributed by atoms with E-state index in [1.807, 2.05) is 6.08 Å². The normalized spacial score (nSPS) is 29.4. The van der Waals surface area contributed by atoms with Gasteiger partial charge in [0.1, 0.15) is 0 Å². The molecule has 0 aromatic carbocycles. The lowest BCUT2D eigenvalue weighted by Crippen LogP contribution is -2.56. The predicted octanol–water partition coefficient (Wildman–Crippen LogP) is 3.71. The van der Waals surface area contributed by atoms with Crippen LogP contribution in [0.2, 0.25) is 0 Å². The molecule has 2 saturated heterocycles. The molecule has 1 N–H and O–H groups in total. The molecule has 6 heteroatoms. The molecule has 4 aliphatic rings. The van der Waals surface area contributed by atoms with Gasteiger partial charge in [-0.3, -0.25) is 4.79 Å². The van der Waals surface area contributed by atoms with Crippen molar-refractivity contribution in [2.75, 3.05) is 7.05 Å². The standard InChI is InChI=1S/C22H26N4OS/c1-13-8-20(28-12-13)14-6-7-18-19(9-14)24-25-21(18)22(27)23-15-10-16-4-3-5-17(11-15)26(16)2/h6-8,12,15-17H,3-5,9-11H2,1-2H3,(H,23,27). The quantitative estimate of drug-likeness (QED) is 0.850. The molecule has 2 bridgehead atoms. The van der Waals surface area contributed by atoms with Crippen LogP contribution in [0.3, 0.4) is 0 Å². The second kappa shape index (κ2) is 7.08. The summed E-state index contributed by atoms with van der Waals surface area (Å²) in [6.07, 6.45) is 10.8. The highest BCUT2D eigenvalue weighted by Crippen LogP contribution is 2.34. The van der Waals surface area contributed by atoms with Crippen molar-refractivity contribution in [3.8, 4) is 0 Å². The maximum absolute atomic E-state index is 12.9. The zero-order valence-electron chi connectivity index (χ0n) is 16.4. The van der Waals surface area contributed by atoms with Crippen LogP contribution in [0.15, 0.2) is 39.4 Å². The van der Waals surface area contributed by atoms with E-state index in [2.05, 4.69) is 51.9 Å². The molecule has 2 unspecified atom stereocenters. The molecule has 28 heavy (non-hydrogen) atoms. The van der Waals surface area contributed by atoms with Gasteiger partial charge >= 0.3 is 0 Å². The molecule has 1 amide bonds. The lowest BCUT2D eigenvalue weighted by molar-refractivity contribution is -0.116. The molecule has 5 rings (SSSR count). The summed E-state index contributed by atoms with van der Waals surface area (Å²) in [5, 5.41) is 14.0. The minimum Gasteiger partial charge on any atom is -0.348 e. The highest BCUT2D eigenvalue weighted by atomic mass is 32.1. The predicted molar refractivity (Wildman–Crippen MR) is 115 cm³/mol. The minimum absolute atomic E-state index is 0.0681. The van der Waals surface area contributed by atoms with Gasteiger partial charge in [-0.05, 0) is 62.2 Å². The Labute approximate surface area is 169 Å². The number of rotatable bonds is 3. The summed E-state index contributed by atoms with van der Waals surface area (Å²) >= 11 is 1.76. The van der Waals surface area contributed by atoms with Crippen molar-refractivity contribution in [1.29, 1.82) is 0 Å². The van der Waals surface area contributed by atoms with E-state index >= 15 is 0 Å². The Kier molecular flexibility index (Phi) is 4.56. The molecule has 3 aliphatic heterocycles. The molecule has 0 spiro atoms. The molecule has 146 valence electrons. The van der Waals surface area contributed by atoms with Crippen LogP contribution in [0.4, 0.5) is 0 Å². The molecular formula is C22H26N4OS. The van der Waals surface area contributed by atoms with Gasteiger partial charge < -0.3 is 10.2 Å². The Hall–Kier alpha value is -2.05. The molecule has 1 aromatic heterocycles. The number of allylic oxidation sites excluding steroid dienone is 3. The van der Waals surface area contributed by atoms with Gasteiger partial charge in [-0.15, -0.1) is 16.4 Å². The summed E-state index contributed by atoms with van der Waals surface area (Å²) in [7, 11) is 2.24.